The van der Waals surface area contributed by atoms with Crippen LogP contribution >= 0.6 is 0 Å². The van der Waals surface area contributed by atoms with E-state index >= 15 is 0 Å². The molecule has 0 aliphatic heterocycles. The minimum atomic E-state index is -1.39. The second kappa shape index (κ2) is 3.19. The Morgan fingerprint density at radius 2 is 2.00 bits per heavy atom. The van der Waals surface area contributed by atoms with Crippen LogP contribution in [0.2, 0.25) is 0 Å². The summed E-state index contributed by atoms with van der Waals surface area (Å²) < 4.78 is 35.7. The van der Waals surface area contributed by atoms with E-state index in [0.717, 1.165) is 12.1 Å². The molecule has 0 aliphatic rings. The monoisotopic (exact) mass is 176 g/mol. The molecule has 11 heavy (non-hydrogen) atoms. The maximum absolute atomic E-state index is 12.7. The van der Waals surface area contributed by atoms with E-state index in [2.05, 4.69) is 0 Å². The average molecular weight is 176 g/mol. The van der Waals surface area contributed by atoms with E-state index in [1.54, 1.807) is 0 Å². The number of hydrogen-bond acceptors (Lipinski definition) is 1. The fraction of sp³-hybridized carbons (Fsp3) is 0.143. The summed E-state index contributed by atoms with van der Waals surface area (Å²) in [6.45, 7) is 0. The maximum atomic E-state index is 12.7. The van der Waals surface area contributed by atoms with Gasteiger partial charge in [0.25, 0.3) is 0 Å². The van der Waals surface area contributed by atoms with Crippen molar-refractivity contribution in [3.05, 3.63) is 29.8 Å². The van der Waals surface area contributed by atoms with E-state index in [-0.39, 0.29) is 4.90 Å². The minimum absolute atomic E-state index is 0.0337. The first-order valence-corrected chi connectivity index (χ1v) is 4.45. The van der Waals surface area contributed by atoms with Crippen LogP contribution in [-0.2, 0) is 11.2 Å². The van der Waals surface area contributed by atoms with Gasteiger partial charge in [0.05, 0.1) is 0 Å². The second-order valence-corrected chi connectivity index (χ2v) is 3.38. The third kappa shape index (κ3) is 1.91. The van der Waals surface area contributed by atoms with Gasteiger partial charge >= 0.3 is 0 Å². The van der Waals surface area contributed by atoms with Gasteiger partial charge in [-0.1, -0.05) is 0 Å². The molecule has 0 radical (unpaired) electrons. The SMILES string of the molecule is C[S+]([O-])c1ccc(F)cc1F. The number of benzene rings is 1. The van der Waals surface area contributed by atoms with Gasteiger partial charge in [-0.25, -0.2) is 8.78 Å². The van der Waals surface area contributed by atoms with Crippen molar-refractivity contribution >= 4 is 11.2 Å². The Bertz CT molecular complexity index is 263. The first-order valence-electron chi connectivity index (χ1n) is 2.90. The molecule has 1 nitrogen and oxygen atoms in total. The van der Waals surface area contributed by atoms with Gasteiger partial charge in [0.2, 0.25) is 0 Å². The van der Waals surface area contributed by atoms with Crippen LogP contribution in [0.25, 0.3) is 0 Å². The minimum Gasteiger partial charge on any atom is -0.612 e. The van der Waals surface area contributed by atoms with E-state index in [0.29, 0.717) is 0 Å². The van der Waals surface area contributed by atoms with Gasteiger partial charge in [-0.2, -0.15) is 0 Å². The summed E-state index contributed by atoms with van der Waals surface area (Å²) >= 11 is -1.39. The lowest BCUT2D eigenvalue weighted by atomic mass is 10.3. The zero-order chi connectivity index (χ0) is 8.43. The van der Waals surface area contributed by atoms with E-state index < -0.39 is 22.8 Å². The second-order valence-electron chi connectivity index (χ2n) is 2.03. The highest BCUT2D eigenvalue weighted by Gasteiger charge is 2.11. The molecule has 0 aliphatic carbocycles. The molecule has 0 amide bonds. The Morgan fingerprint density at radius 3 is 2.45 bits per heavy atom. The first kappa shape index (κ1) is 8.49. The van der Waals surface area contributed by atoms with Gasteiger partial charge in [0, 0.05) is 6.07 Å². The molecule has 0 aromatic heterocycles. The molecule has 0 saturated heterocycles. The summed E-state index contributed by atoms with van der Waals surface area (Å²) in [6.07, 6.45) is 1.34. The zero-order valence-corrected chi connectivity index (χ0v) is 6.62. The molecule has 0 N–H and O–H groups in total. The third-order valence-corrected chi connectivity index (χ3v) is 2.15. The highest BCUT2D eigenvalue weighted by molar-refractivity contribution is 7.90. The predicted molar refractivity (Wildman–Crippen MR) is 38.7 cm³/mol. The van der Waals surface area contributed by atoms with Crippen LogP contribution in [0, 0.1) is 11.6 Å². The van der Waals surface area contributed by atoms with Gasteiger partial charge in [0.1, 0.15) is 12.1 Å². The van der Waals surface area contributed by atoms with Crippen molar-refractivity contribution in [3.8, 4) is 0 Å². The average Bonchev–Trinajstić information content (AvgIpc) is 1.85. The summed E-state index contributed by atoms with van der Waals surface area (Å²) in [7, 11) is 0. The Balaban J connectivity index is 3.09. The van der Waals surface area contributed by atoms with E-state index in [4.69, 9.17) is 0 Å². The van der Waals surface area contributed by atoms with Crippen molar-refractivity contribution < 1.29 is 13.3 Å². The van der Waals surface area contributed by atoms with Gasteiger partial charge in [-0.05, 0) is 23.3 Å². The Hall–Kier alpha value is -0.610. The quantitative estimate of drug-likeness (QED) is 0.597. The first-order chi connectivity index (χ1) is 5.11. The van der Waals surface area contributed by atoms with Gasteiger partial charge in [-0.3, -0.25) is 0 Å². The van der Waals surface area contributed by atoms with E-state index in [9.17, 15) is 13.3 Å². The van der Waals surface area contributed by atoms with Crippen molar-refractivity contribution in [2.75, 3.05) is 6.26 Å². The molecule has 60 valence electrons. The summed E-state index contributed by atoms with van der Waals surface area (Å²) in [5, 5.41) is 0. The molecule has 0 heterocycles. The lowest BCUT2D eigenvalue weighted by Gasteiger charge is -2.03. The van der Waals surface area contributed by atoms with E-state index in [1.165, 1.54) is 12.3 Å². The highest BCUT2D eigenvalue weighted by atomic mass is 32.2. The van der Waals surface area contributed by atoms with Crippen LogP contribution in [0.3, 0.4) is 0 Å². The molecule has 1 atom stereocenters. The molecule has 0 saturated carbocycles. The summed E-state index contributed by atoms with van der Waals surface area (Å²) in [4.78, 5) is 0.0337. The Kier molecular flexibility index (Phi) is 2.46. The van der Waals surface area contributed by atoms with E-state index in [1.807, 2.05) is 0 Å². The summed E-state index contributed by atoms with van der Waals surface area (Å²) in [5.41, 5.74) is 0. The molecule has 0 bridgehead atoms. The normalized spacial score (nSPS) is 13.1. The lowest BCUT2D eigenvalue weighted by Crippen LogP contribution is -2.00. The van der Waals surface area contributed by atoms with Crippen LogP contribution in [0.4, 0.5) is 8.78 Å². The molecule has 4 heteroatoms. The van der Waals surface area contributed by atoms with Gasteiger partial charge < -0.3 is 4.55 Å². The smallest absolute Gasteiger partial charge is 0.188 e. The molecule has 0 fully saturated rings. The molecule has 1 aromatic rings. The Morgan fingerprint density at radius 1 is 1.36 bits per heavy atom. The van der Waals surface area contributed by atoms with Crippen LogP contribution in [0.5, 0.6) is 0 Å². The van der Waals surface area contributed by atoms with Crippen molar-refractivity contribution in [2.24, 2.45) is 0 Å². The molecule has 1 aromatic carbocycles. The molecule has 0 spiro atoms. The highest BCUT2D eigenvalue weighted by Crippen LogP contribution is 2.14. The van der Waals surface area contributed by atoms with Crippen molar-refractivity contribution in [3.63, 3.8) is 0 Å². The predicted octanol–water partition coefficient (Wildman–Crippen LogP) is 1.70. The van der Waals surface area contributed by atoms with Crippen molar-refractivity contribution in [1.29, 1.82) is 0 Å². The zero-order valence-electron chi connectivity index (χ0n) is 5.80. The molecule has 1 rings (SSSR count). The maximum Gasteiger partial charge on any atom is 0.188 e. The van der Waals surface area contributed by atoms with Gasteiger partial charge in [-0.15, -0.1) is 0 Å². The van der Waals surface area contributed by atoms with Crippen molar-refractivity contribution in [1.82, 2.24) is 0 Å². The Labute approximate surface area is 66.2 Å². The summed E-state index contributed by atoms with van der Waals surface area (Å²) in [5.74, 6) is -1.41. The third-order valence-electron chi connectivity index (χ3n) is 1.20. The largest absolute Gasteiger partial charge is 0.612 e. The fourth-order valence-corrected chi connectivity index (χ4v) is 1.30. The molecular formula is C7H6F2OS. The number of halogens is 2. The van der Waals surface area contributed by atoms with Crippen LogP contribution in [0.1, 0.15) is 0 Å². The fourth-order valence-electron chi connectivity index (χ4n) is 0.708. The van der Waals surface area contributed by atoms with Crippen molar-refractivity contribution in [2.45, 2.75) is 4.90 Å². The van der Waals surface area contributed by atoms with Crippen LogP contribution in [0.15, 0.2) is 23.1 Å². The van der Waals surface area contributed by atoms with Crippen LogP contribution in [-0.4, -0.2) is 10.8 Å². The number of rotatable bonds is 1. The van der Waals surface area contributed by atoms with Crippen LogP contribution < -0.4 is 0 Å². The lowest BCUT2D eigenvalue weighted by molar-refractivity contribution is 0.550. The topological polar surface area (TPSA) is 23.1 Å². The standard InChI is InChI=1S/C7H6F2OS/c1-11(10)7-3-2-5(8)4-6(7)9/h2-4H,1H3. The molecule has 1 unspecified atom stereocenters. The summed E-state index contributed by atoms with van der Waals surface area (Å²) in [6, 6.07) is 2.98. The van der Waals surface area contributed by atoms with Gasteiger partial charge in [0.15, 0.2) is 10.7 Å². The molecular weight excluding hydrogens is 170 g/mol. The number of hydrogen-bond donors (Lipinski definition) is 0.